The zero-order valence-corrected chi connectivity index (χ0v) is 16.9. The van der Waals surface area contributed by atoms with Gasteiger partial charge in [-0.2, -0.15) is 13.2 Å². The highest BCUT2D eigenvalue weighted by Crippen LogP contribution is 2.40. The van der Waals surface area contributed by atoms with Gasteiger partial charge in [0.25, 0.3) is 0 Å². The molecule has 0 heterocycles. The number of halogens is 5. The molecular formula is C19H20Cl2F3N3. The third-order valence-corrected chi connectivity index (χ3v) is 4.66. The molecule has 1 N–H and O–H groups in total. The number of rotatable bonds is 5. The van der Waals surface area contributed by atoms with Gasteiger partial charge >= 0.3 is 6.18 Å². The minimum Gasteiger partial charge on any atom is -0.366 e. The zero-order valence-electron chi connectivity index (χ0n) is 15.4. The second-order valence-corrected chi connectivity index (χ2v) is 7.02. The lowest BCUT2D eigenvalue weighted by Gasteiger charge is -2.17. The largest absolute Gasteiger partial charge is 0.416 e. The lowest BCUT2D eigenvalue weighted by atomic mass is 10.1. The predicted molar refractivity (Wildman–Crippen MR) is 107 cm³/mol. The maximum atomic E-state index is 12.9. The Labute approximate surface area is 166 Å². The van der Waals surface area contributed by atoms with Crippen LogP contribution in [0.1, 0.15) is 23.6 Å². The third-order valence-electron chi connectivity index (χ3n) is 4.06. The van der Waals surface area contributed by atoms with Crippen molar-refractivity contribution in [3.8, 4) is 0 Å². The summed E-state index contributed by atoms with van der Waals surface area (Å²) in [6.45, 7) is 6.64. The van der Waals surface area contributed by atoms with Gasteiger partial charge in [0.05, 0.1) is 33.3 Å². The molecule has 0 spiro atoms. The van der Waals surface area contributed by atoms with Gasteiger partial charge in [-0.15, -0.1) is 0 Å². The number of aryl methyl sites for hydroxylation is 2. The molecule has 0 unspecified atom stereocenters. The molecular weight excluding hydrogens is 398 g/mol. The summed E-state index contributed by atoms with van der Waals surface area (Å²) in [6, 6.07) is 5.47. The molecule has 0 aliphatic rings. The first-order valence-electron chi connectivity index (χ1n) is 8.21. The van der Waals surface area contributed by atoms with Gasteiger partial charge in [-0.05, 0) is 56.2 Å². The Balaban J connectivity index is 2.36. The van der Waals surface area contributed by atoms with Crippen LogP contribution in [0, 0.1) is 13.8 Å². The molecule has 2 rings (SSSR count). The van der Waals surface area contributed by atoms with E-state index in [1.54, 1.807) is 6.34 Å². The van der Waals surface area contributed by atoms with Crippen LogP contribution in [-0.4, -0.2) is 24.8 Å². The van der Waals surface area contributed by atoms with Crippen LogP contribution < -0.4 is 5.32 Å². The average molecular weight is 418 g/mol. The fourth-order valence-corrected chi connectivity index (χ4v) is 2.89. The molecule has 146 valence electrons. The monoisotopic (exact) mass is 417 g/mol. The highest BCUT2D eigenvalue weighted by Gasteiger charge is 2.32. The van der Waals surface area contributed by atoms with Crippen molar-refractivity contribution in [2.75, 3.05) is 18.9 Å². The standard InChI is InChI=1S/C19H20Cl2F3N3/c1-5-27(4)10-25-16-6-12(3)17(7-11(16)2)26-18-14(20)8-13(9-15(18)21)19(22,23)24/h6-10,26H,5H2,1-4H3. The van der Waals surface area contributed by atoms with E-state index in [4.69, 9.17) is 23.2 Å². The number of anilines is 2. The molecule has 0 aliphatic carbocycles. The van der Waals surface area contributed by atoms with Gasteiger partial charge in [0.2, 0.25) is 0 Å². The second kappa shape index (κ2) is 8.40. The Morgan fingerprint density at radius 3 is 2.19 bits per heavy atom. The van der Waals surface area contributed by atoms with Crippen molar-refractivity contribution in [2.45, 2.75) is 26.9 Å². The molecule has 0 aromatic heterocycles. The molecule has 8 heteroatoms. The van der Waals surface area contributed by atoms with Gasteiger partial charge in [0, 0.05) is 19.3 Å². The molecule has 2 aromatic rings. The first-order valence-corrected chi connectivity index (χ1v) is 8.97. The van der Waals surface area contributed by atoms with Gasteiger partial charge in [0.15, 0.2) is 0 Å². The molecule has 2 aromatic carbocycles. The smallest absolute Gasteiger partial charge is 0.366 e. The van der Waals surface area contributed by atoms with Gasteiger partial charge in [-0.3, -0.25) is 0 Å². The Morgan fingerprint density at radius 1 is 1.07 bits per heavy atom. The van der Waals surface area contributed by atoms with Crippen LogP contribution >= 0.6 is 23.2 Å². The summed E-state index contributed by atoms with van der Waals surface area (Å²) in [5.41, 5.74) is 2.61. The number of aliphatic imine (C=N–C) groups is 1. The summed E-state index contributed by atoms with van der Waals surface area (Å²) in [5, 5.41) is 2.84. The van der Waals surface area contributed by atoms with E-state index < -0.39 is 11.7 Å². The van der Waals surface area contributed by atoms with E-state index in [2.05, 4.69) is 10.3 Å². The molecule has 0 atom stereocenters. The van der Waals surface area contributed by atoms with Crippen molar-refractivity contribution in [1.29, 1.82) is 0 Å². The van der Waals surface area contributed by atoms with E-state index in [-0.39, 0.29) is 15.7 Å². The quantitative estimate of drug-likeness (QED) is 0.419. The lowest BCUT2D eigenvalue weighted by Crippen LogP contribution is -2.14. The number of benzene rings is 2. The topological polar surface area (TPSA) is 27.6 Å². The van der Waals surface area contributed by atoms with E-state index >= 15 is 0 Å². The van der Waals surface area contributed by atoms with Crippen LogP contribution in [-0.2, 0) is 6.18 Å². The third kappa shape index (κ3) is 5.30. The van der Waals surface area contributed by atoms with Crippen LogP contribution in [0.5, 0.6) is 0 Å². The number of hydrogen-bond donors (Lipinski definition) is 1. The Bertz CT molecular complexity index is 841. The van der Waals surface area contributed by atoms with E-state index in [1.807, 2.05) is 44.9 Å². The lowest BCUT2D eigenvalue weighted by molar-refractivity contribution is -0.137. The van der Waals surface area contributed by atoms with Gasteiger partial charge in [0.1, 0.15) is 0 Å². The highest BCUT2D eigenvalue weighted by atomic mass is 35.5. The van der Waals surface area contributed by atoms with Crippen LogP contribution in [0.15, 0.2) is 29.3 Å². The number of nitrogens with zero attached hydrogens (tertiary/aromatic N) is 2. The van der Waals surface area contributed by atoms with Crippen LogP contribution in [0.2, 0.25) is 10.0 Å². The van der Waals surface area contributed by atoms with E-state index in [0.717, 1.165) is 35.5 Å². The summed E-state index contributed by atoms with van der Waals surface area (Å²) < 4.78 is 38.6. The van der Waals surface area contributed by atoms with Crippen molar-refractivity contribution in [2.24, 2.45) is 4.99 Å². The fourth-order valence-electron chi connectivity index (χ4n) is 2.31. The molecule has 0 saturated carbocycles. The first-order chi connectivity index (χ1) is 12.5. The van der Waals surface area contributed by atoms with Gasteiger partial charge < -0.3 is 10.2 Å². The minimum absolute atomic E-state index is 0.0986. The number of alkyl halides is 3. The van der Waals surface area contributed by atoms with Crippen molar-refractivity contribution in [1.82, 2.24) is 4.90 Å². The normalized spacial score (nSPS) is 11.9. The highest BCUT2D eigenvalue weighted by molar-refractivity contribution is 6.39. The molecule has 0 aliphatic heterocycles. The maximum absolute atomic E-state index is 12.9. The Kier molecular flexibility index (Phi) is 6.65. The summed E-state index contributed by atoms with van der Waals surface area (Å²) in [7, 11) is 1.93. The maximum Gasteiger partial charge on any atom is 0.416 e. The van der Waals surface area contributed by atoms with Crippen molar-refractivity contribution >= 4 is 46.6 Å². The van der Waals surface area contributed by atoms with Crippen LogP contribution in [0.25, 0.3) is 0 Å². The number of nitrogens with one attached hydrogen (secondary N) is 1. The fraction of sp³-hybridized carbons (Fsp3) is 0.316. The second-order valence-electron chi connectivity index (χ2n) is 6.21. The first kappa shape index (κ1) is 21.4. The van der Waals surface area contributed by atoms with E-state index in [0.29, 0.717) is 5.69 Å². The minimum atomic E-state index is -4.51. The SMILES string of the molecule is CCN(C)C=Nc1cc(C)c(Nc2c(Cl)cc(C(F)(F)F)cc2Cl)cc1C. The van der Waals surface area contributed by atoms with Crippen LogP contribution in [0.4, 0.5) is 30.2 Å². The average Bonchev–Trinajstić information content (AvgIpc) is 2.57. The molecule has 3 nitrogen and oxygen atoms in total. The summed E-state index contributed by atoms with van der Waals surface area (Å²) >= 11 is 12.1. The summed E-state index contributed by atoms with van der Waals surface area (Å²) in [6.07, 6.45) is -2.76. The van der Waals surface area contributed by atoms with Gasteiger partial charge in [-0.25, -0.2) is 4.99 Å². The van der Waals surface area contributed by atoms with Crippen LogP contribution in [0.3, 0.4) is 0 Å². The molecule has 0 fully saturated rings. The zero-order chi connectivity index (χ0) is 20.4. The molecule has 27 heavy (non-hydrogen) atoms. The van der Waals surface area contributed by atoms with E-state index in [9.17, 15) is 13.2 Å². The number of hydrogen-bond acceptors (Lipinski definition) is 2. The van der Waals surface area contributed by atoms with Crippen molar-refractivity contribution in [3.05, 3.63) is 51.0 Å². The molecule has 0 bridgehead atoms. The van der Waals surface area contributed by atoms with Gasteiger partial charge in [-0.1, -0.05) is 23.2 Å². The summed E-state index contributed by atoms with van der Waals surface area (Å²) in [4.78, 5) is 6.40. The Morgan fingerprint density at radius 2 is 1.67 bits per heavy atom. The molecule has 0 saturated heterocycles. The predicted octanol–water partition coefficient (Wildman–Crippen LogP) is 6.98. The van der Waals surface area contributed by atoms with Crippen molar-refractivity contribution in [3.63, 3.8) is 0 Å². The molecule has 0 radical (unpaired) electrons. The Hall–Kier alpha value is -1.92. The summed E-state index contributed by atoms with van der Waals surface area (Å²) in [5.74, 6) is 0. The van der Waals surface area contributed by atoms with E-state index in [1.165, 1.54) is 0 Å². The van der Waals surface area contributed by atoms with Crippen molar-refractivity contribution < 1.29 is 13.2 Å². The molecule has 0 amide bonds.